The van der Waals surface area contributed by atoms with Crippen LogP contribution in [0.25, 0.3) is 5.57 Å². The molecule has 0 radical (unpaired) electrons. The van der Waals surface area contributed by atoms with Crippen LogP contribution in [0.3, 0.4) is 0 Å². The molecular weight excluding hydrogens is 136 g/mol. The van der Waals surface area contributed by atoms with E-state index in [1.807, 2.05) is 26.1 Å². The molecule has 1 N–H and O–H groups in total. The van der Waals surface area contributed by atoms with Crippen LogP contribution in [0.1, 0.15) is 19.4 Å². The van der Waals surface area contributed by atoms with Gasteiger partial charge in [0, 0.05) is 18.0 Å². The molecule has 2 nitrogen and oxygen atoms in total. The Kier molecular flexibility index (Phi) is 2.26. The zero-order chi connectivity index (χ0) is 8.27. The maximum Gasteiger partial charge on any atom is 0.137 e. The maximum absolute atomic E-state index is 4.15. The Balaban J connectivity index is 3.05. The molecule has 0 atom stereocenters. The van der Waals surface area contributed by atoms with E-state index < -0.39 is 0 Å². The Labute approximate surface area is 66.7 Å². The second-order valence-electron chi connectivity index (χ2n) is 2.41. The zero-order valence-electron chi connectivity index (χ0n) is 6.89. The van der Waals surface area contributed by atoms with Crippen LogP contribution in [0.15, 0.2) is 23.8 Å². The van der Waals surface area contributed by atoms with E-state index in [-0.39, 0.29) is 0 Å². The van der Waals surface area contributed by atoms with Gasteiger partial charge in [-0.15, -0.1) is 0 Å². The van der Waals surface area contributed by atoms with Crippen LogP contribution in [0.4, 0.5) is 5.82 Å². The number of aromatic nitrogens is 1. The van der Waals surface area contributed by atoms with Gasteiger partial charge in [0.2, 0.25) is 0 Å². The number of aromatic amines is 1. The second-order valence-corrected chi connectivity index (χ2v) is 2.41. The smallest absolute Gasteiger partial charge is 0.137 e. The van der Waals surface area contributed by atoms with Crippen LogP contribution in [-0.4, -0.2) is 11.2 Å². The molecule has 11 heavy (non-hydrogen) atoms. The molecule has 0 aliphatic carbocycles. The quantitative estimate of drug-likeness (QED) is 0.625. The first-order chi connectivity index (χ1) is 5.25. The van der Waals surface area contributed by atoms with Gasteiger partial charge in [0.1, 0.15) is 5.82 Å². The van der Waals surface area contributed by atoms with Crippen molar-refractivity contribution in [3.8, 4) is 0 Å². The molecule has 0 aliphatic heterocycles. The highest BCUT2D eigenvalue weighted by Gasteiger charge is 2.00. The molecule has 1 aromatic heterocycles. The molecule has 0 fully saturated rings. The minimum absolute atomic E-state index is 0.889. The van der Waals surface area contributed by atoms with Crippen molar-refractivity contribution in [2.24, 2.45) is 4.99 Å². The lowest BCUT2D eigenvalue weighted by Crippen LogP contribution is -1.73. The lowest BCUT2D eigenvalue weighted by atomic mass is 10.2. The van der Waals surface area contributed by atoms with Gasteiger partial charge in [0.25, 0.3) is 0 Å². The highest BCUT2D eigenvalue weighted by atomic mass is 14.9. The van der Waals surface area contributed by atoms with Crippen molar-refractivity contribution in [3.05, 3.63) is 24.4 Å². The normalized spacial score (nSPS) is 10.7. The summed E-state index contributed by atoms with van der Waals surface area (Å²) in [5.41, 5.74) is 2.12. The highest BCUT2D eigenvalue weighted by molar-refractivity contribution is 5.72. The van der Waals surface area contributed by atoms with E-state index in [0.29, 0.717) is 0 Å². The Hall–Kier alpha value is -1.31. The Morgan fingerprint density at radius 3 is 3.00 bits per heavy atom. The van der Waals surface area contributed by atoms with Crippen molar-refractivity contribution in [3.63, 3.8) is 0 Å². The van der Waals surface area contributed by atoms with E-state index in [4.69, 9.17) is 0 Å². The van der Waals surface area contributed by atoms with E-state index in [1.54, 1.807) is 6.21 Å². The number of nitrogens with zero attached hydrogens (tertiary/aromatic N) is 1. The number of nitrogens with one attached hydrogen (secondary N) is 1. The second kappa shape index (κ2) is 3.19. The predicted octanol–water partition coefficient (Wildman–Crippen LogP) is 2.77. The third-order valence-electron chi connectivity index (χ3n) is 1.44. The molecule has 0 spiro atoms. The molecule has 0 saturated carbocycles. The van der Waals surface area contributed by atoms with E-state index in [2.05, 4.69) is 16.6 Å². The Morgan fingerprint density at radius 2 is 2.45 bits per heavy atom. The summed E-state index contributed by atoms with van der Waals surface area (Å²) < 4.78 is 0. The summed E-state index contributed by atoms with van der Waals surface area (Å²) in [4.78, 5) is 7.18. The highest BCUT2D eigenvalue weighted by Crippen LogP contribution is 2.22. The summed E-state index contributed by atoms with van der Waals surface area (Å²) in [5, 5.41) is 0. The molecule has 0 unspecified atom stereocenters. The first-order valence-electron chi connectivity index (χ1n) is 3.57. The molecule has 58 valence electrons. The van der Waals surface area contributed by atoms with Crippen LogP contribution in [0.5, 0.6) is 0 Å². The fourth-order valence-electron chi connectivity index (χ4n) is 0.941. The average Bonchev–Trinajstić information content (AvgIpc) is 2.36. The van der Waals surface area contributed by atoms with E-state index in [0.717, 1.165) is 17.0 Å². The van der Waals surface area contributed by atoms with Crippen molar-refractivity contribution in [1.82, 2.24) is 4.98 Å². The number of hydrogen-bond donors (Lipinski definition) is 1. The standard InChI is InChI=1S/C9H12N2/c1-4-10-9-8(7(2)3)5-6-11-9/h4-6,11H,2H2,1,3H3. The van der Waals surface area contributed by atoms with E-state index in [1.165, 1.54) is 0 Å². The SMILES string of the molecule is C=C(C)c1cc[nH]c1N=CC. The summed E-state index contributed by atoms with van der Waals surface area (Å²) in [7, 11) is 0. The van der Waals surface area contributed by atoms with Crippen molar-refractivity contribution in [2.75, 3.05) is 0 Å². The zero-order valence-corrected chi connectivity index (χ0v) is 6.89. The number of allylic oxidation sites excluding steroid dienone is 1. The third kappa shape index (κ3) is 1.58. The largest absolute Gasteiger partial charge is 0.346 e. The molecule has 0 aliphatic rings. The van der Waals surface area contributed by atoms with Gasteiger partial charge >= 0.3 is 0 Å². The molecule has 0 saturated heterocycles. The molecule has 0 bridgehead atoms. The van der Waals surface area contributed by atoms with Crippen LogP contribution in [0.2, 0.25) is 0 Å². The first-order valence-corrected chi connectivity index (χ1v) is 3.57. The van der Waals surface area contributed by atoms with Crippen LogP contribution < -0.4 is 0 Å². The van der Waals surface area contributed by atoms with Crippen molar-refractivity contribution < 1.29 is 0 Å². The molecule has 1 heterocycles. The van der Waals surface area contributed by atoms with Crippen LogP contribution in [0, 0.1) is 0 Å². The lowest BCUT2D eigenvalue weighted by molar-refractivity contribution is 1.33. The monoisotopic (exact) mass is 148 g/mol. The van der Waals surface area contributed by atoms with Gasteiger partial charge in [-0.3, -0.25) is 0 Å². The van der Waals surface area contributed by atoms with Crippen LogP contribution in [-0.2, 0) is 0 Å². The fraction of sp³-hybridized carbons (Fsp3) is 0.222. The maximum atomic E-state index is 4.15. The first kappa shape index (κ1) is 7.79. The van der Waals surface area contributed by atoms with Gasteiger partial charge < -0.3 is 4.98 Å². The molecule has 1 rings (SSSR count). The molecule has 0 amide bonds. The number of rotatable bonds is 2. The van der Waals surface area contributed by atoms with Gasteiger partial charge in [-0.25, -0.2) is 4.99 Å². The summed E-state index contributed by atoms with van der Waals surface area (Å²) in [6.07, 6.45) is 3.63. The molecule has 0 aromatic carbocycles. The molecule has 1 aromatic rings. The number of aliphatic imine (C=N–C) groups is 1. The minimum atomic E-state index is 0.889. The summed E-state index contributed by atoms with van der Waals surface area (Å²) >= 11 is 0. The van der Waals surface area contributed by atoms with Crippen LogP contribution >= 0.6 is 0 Å². The molecule has 2 heteroatoms. The molecular formula is C9H12N2. The summed E-state index contributed by atoms with van der Waals surface area (Å²) in [6.45, 7) is 7.71. The van der Waals surface area contributed by atoms with E-state index >= 15 is 0 Å². The van der Waals surface area contributed by atoms with Crippen molar-refractivity contribution in [1.29, 1.82) is 0 Å². The van der Waals surface area contributed by atoms with Gasteiger partial charge in [-0.05, 0) is 25.5 Å². The van der Waals surface area contributed by atoms with Crippen molar-refractivity contribution >= 4 is 17.6 Å². The average molecular weight is 148 g/mol. The Morgan fingerprint density at radius 1 is 1.73 bits per heavy atom. The number of H-pyrrole nitrogens is 1. The third-order valence-corrected chi connectivity index (χ3v) is 1.44. The topological polar surface area (TPSA) is 28.1 Å². The fourth-order valence-corrected chi connectivity index (χ4v) is 0.941. The minimum Gasteiger partial charge on any atom is -0.346 e. The van der Waals surface area contributed by atoms with Gasteiger partial charge in [0.05, 0.1) is 0 Å². The summed E-state index contributed by atoms with van der Waals surface area (Å²) in [5.74, 6) is 0.889. The van der Waals surface area contributed by atoms with Gasteiger partial charge in [-0.2, -0.15) is 0 Å². The van der Waals surface area contributed by atoms with E-state index in [9.17, 15) is 0 Å². The summed E-state index contributed by atoms with van der Waals surface area (Å²) in [6, 6.07) is 1.98. The van der Waals surface area contributed by atoms with Gasteiger partial charge in [-0.1, -0.05) is 6.58 Å². The Bertz CT molecular complexity index is 282. The lowest BCUT2D eigenvalue weighted by Gasteiger charge is -1.95. The predicted molar refractivity (Wildman–Crippen MR) is 49.3 cm³/mol. The van der Waals surface area contributed by atoms with Gasteiger partial charge in [0.15, 0.2) is 0 Å². The number of hydrogen-bond acceptors (Lipinski definition) is 1. The van der Waals surface area contributed by atoms with Crippen molar-refractivity contribution in [2.45, 2.75) is 13.8 Å².